The Balaban J connectivity index is 2.95. The number of ketones is 1. The summed E-state index contributed by atoms with van der Waals surface area (Å²) in [5.41, 5.74) is 1.57. The molecule has 1 heterocycles. The van der Waals surface area contributed by atoms with E-state index in [9.17, 15) is 4.79 Å². The summed E-state index contributed by atoms with van der Waals surface area (Å²) in [6.45, 7) is 5.82. The SMILES string of the molecule is CCc1cccc(C(=O)C(C)C)n1. The quantitative estimate of drug-likeness (QED) is 0.664. The summed E-state index contributed by atoms with van der Waals surface area (Å²) in [7, 11) is 0. The fourth-order valence-corrected chi connectivity index (χ4v) is 1.11. The van der Waals surface area contributed by atoms with E-state index in [-0.39, 0.29) is 11.7 Å². The normalized spacial score (nSPS) is 10.5. The van der Waals surface area contributed by atoms with Gasteiger partial charge in [0, 0.05) is 11.6 Å². The second kappa shape index (κ2) is 4.17. The summed E-state index contributed by atoms with van der Waals surface area (Å²) in [4.78, 5) is 15.8. The van der Waals surface area contributed by atoms with E-state index in [0.717, 1.165) is 12.1 Å². The lowest BCUT2D eigenvalue weighted by atomic mass is 10.1. The van der Waals surface area contributed by atoms with Gasteiger partial charge in [-0.05, 0) is 18.6 Å². The van der Waals surface area contributed by atoms with Crippen molar-refractivity contribution < 1.29 is 4.79 Å². The predicted molar refractivity (Wildman–Crippen MR) is 52.8 cm³/mol. The number of hydrogen-bond donors (Lipinski definition) is 0. The van der Waals surface area contributed by atoms with Gasteiger partial charge in [0.05, 0.1) is 0 Å². The standard InChI is InChI=1S/C11H15NO/c1-4-9-6-5-7-10(12-9)11(13)8(2)3/h5-8H,4H2,1-3H3. The van der Waals surface area contributed by atoms with E-state index in [1.165, 1.54) is 0 Å². The van der Waals surface area contributed by atoms with Gasteiger partial charge in [0.15, 0.2) is 5.78 Å². The first-order chi connectivity index (χ1) is 6.15. The molecule has 2 heteroatoms. The van der Waals surface area contributed by atoms with Crippen LogP contribution in [0, 0.1) is 5.92 Å². The second-order valence-corrected chi connectivity index (χ2v) is 3.39. The third-order valence-electron chi connectivity index (χ3n) is 1.95. The molecule has 2 nitrogen and oxygen atoms in total. The molecule has 0 saturated heterocycles. The Morgan fingerprint density at radius 2 is 2.15 bits per heavy atom. The van der Waals surface area contributed by atoms with E-state index in [4.69, 9.17) is 0 Å². The smallest absolute Gasteiger partial charge is 0.183 e. The highest BCUT2D eigenvalue weighted by atomic mass is 16.1. The molecule has 0 aromatic carbocycles. The Bertz CT molecular complexity index is 305. The lowest BCUT2D eigenvalue weighted by molar-refractivity contribution is 0.0934. The molecule has 0 aliphatic carbocycles. The van der Waals surface area contributed by atoms with Crippen molar-refractivity contribution >= 4 is 5.78 Å². The van der Waals surface area contributed by atoms with Gasteiger partial charge < -0.3 is 0 Å². The molecule has 0 saturated carbocycles. The van der Waals surface area contributed by atoms with E-state index in [1.54, 1.807) is 6.07 Å². The van der Waals surface area contributed by atoms with Crippen molar-refractivity contribution in [1.29, 1.82) is 0 Å². The van der Waals surface area contributed by atoms with Crippen molar-refractivity contribution in [3.8, 4) is 0 Å². The van der Waals surface area contributed by atoms with Crippen LogP contribution in [0.1, 0.15) is 37.0 Å². The number of rotatable bonds is 3. The van der Waals surface area contributed by atoms with Gasteiger partial charge in [0.25, 0.3) is 0 Å². The van der Waals surface area contributed by atoms with Gasteiger partial charge in [-0.2, -0.15) is 0 Å². The summed E-state index contributed by atoms with van der Waals surface area (Å²) >= 11 is 0. The van der Waals surface area contributed by atoms with Crippen LogP contribution in [0.25, 0.3) is 0 Å². The molecule has 13 heavy (non-hydrogen) atoms. The van der Waals surface area contributed by atoms with Gasteiger partial charge in [-0.1, -0.05) is 26.8 Å². The van der Waals surface area contributed by atoms with Crippen molar-refractivity contribution in [1.82, 2.24) is 4.98 Å². The largest absolute Gasteiger partial charge is 0.292 e. The maximum Gasteiger partial charge on any atom is 0.183 e. The lowest BCUT2D eigenvalue weighted by Crippen LogP contribution is -2.10. The first-order valence-electron chi connectivity index (χ1n) is 4.65. The van der Waals surface area contributed by atoms with E-state index in [1.807, 2.05) is 32.9 Å². The minimum atomic E-state index is 0.0274. The van der Waals surface area contributed by atoms with Crippen LogP contribution in [0.15, 0.2) is 18.2 Å². The van der Waals surface area contributed by atoms with Gasteiger partial charge in [0.2, 0.25) is 0 Å². The molecule has 1 aromatic rings. The Kier molecular flexibility index (Phi) is 3.18. The maximum absolute atomic E-state index is 11.6. The molecular weight excluding hydrogens is 162 g/mol. The number of aryl methyl sites for hydroxylation is 1. The number of nitrogens with zero attached hydrogens (tertiary/aromatic N) is 1. The van der Waals surface area contributed by atoms with Crippen LogP contribution in [-0.2, 0) is 6.42 Å². The van der Waals surface area contributed by atoms with Crippen LogP contribution in [0.4, 0.5) is 0 Å². The van der Waals surface area contributed by atoms with Gasteiger partial charge in [-0.3, -0.25) is 4.79 Å². The van der Waals surface area contributed by atoms with E-state index >= 15 is 0 Å². The minimum Gasteiger partial charge on any atom is -0.292 e. The average molecular weight is 177 g/mol. The van der Waals surface area contributed by atoms with E-state index in [0.29, 0.717) is 5.69 Å². The number of carbonyl (C=O) groups is 1. The zero-order chi connectivity index (χ0) is 9.84. The summed E-state index contributed by atoms with van der Waals surface area (Å²) < 4.78 is 0. The van der Waals surface area contributed by atoms with Gasteiger partial charge >= 0.3 is 0 Å². The van der Waals surface area contributed by atoms with Crippen molar-refractivity contribution in [3.63, 3.8) is 0 Å². The highest BCUT2D eigenvalue weighted by molar-refractivity contribution is 5.95. The fourth-order valence-electron chi connectivity index (χ4n) is 1.11. The molecule has 1 rings (SSSR count). The molecule has 0 aliphatic heterocycles. The number of pyridine rings is 1. The zero-order valence-electron chi connectivity index (χ0n) is 8.37. The molecule has 0 amide bonds. The van der Waals surface area contributed by atoms with Crippen molar-refractivity contribution in [2.75, 3.05) is 0 Å². The Labute approximate surface area is 79.0 Å². The highest BCUT2D eigenvalue weighted by Gasteiger charge is 2.11. The molecule has 0 N–H and O–H groups in total. The molecule has 0 radical (unpaired) electrons. The molecule has 0 bridgehead atoms. The second-order valence-electron chi connectivity index (χ2n) is 3.39. The third kappa shape index (κ3) is 2.38. The summed E-state index contributed by atoms with van der Waals surface area (Å²) in [6.07, 6.45) is 0.874. The van der Waals surface area contributed by atoms with Crippen LogP contribution >= 0.6 is 0 Å². The van der Waals surface area contributed by atoms with Crippen molar-refractivity contribution in [2.24, 2.45) is 5.92 Å². The van der Waals surface area contributed by atoms with Crippen LogP contribution in [0.5, 0.6) is 0 Å². The lowest BCUT2D eigenvalue weighted by Gasteiger charge is -2.04. The van der Waals surface area contributed by atoms with Crippen LogP contribution in [0.2, 0.25) is 0 Å². The molecule has 0 atom stereocenters. The molecule has 0 aliphatic rings. The van der Waals surface area contributed by atoms with Gasteiger partial charge in [-0.15, -0.1) is 0 Å². The average Bonchev–Trinajstić information content (AvgIpc) is 2.16. The van der Waals surface area contributed by atoms with Crippen molar-refractivity contribution in [2.45, 2.75) is 27.2 Å². The van der Waals surface area contributed by atoms with Crippen LogP contribution < -0.4 is 0 Å². The number of aromatic nitrogens is 1. The molecule has 1 aromatic heterocycles. The first kappa shape index (κ1) is 9.90. The third-order valence-corrected chi connectivity index (χ3v) is 1.95. The maximum atomic E-state index is 11.6. The minimum absolute atomic E-state index is 0.0274. The fraction of sp³-hybridized carbons (Fsp3) is 0.455. The Hall–Kier alpha value is -1.18. The molecule has 0 spiro atoms. The summed E-state index contributed by atoms with van der Waals surface area (Å²) in [6, 6.07) is 5.61. The zero-order valence-corrected chi connectivity index (χ0v) is 8.37. The van der Waals surface area contributed by atoms with Crippen LogP contribution in [0.3, 0.4) is 0 Å². The number of hydrogen-bond acceptors (Lipinski definition) is 2. The van der Waals surface area contributed by atoms with Crippen LogP contribution in [-0.4, -0.2) is 10.8 Å². The number of carbonyl (C=O) groups excluding carboxylic acids is 1. The summed E-state index contributed by atoms with van der Waals surface area (Å²) in [5, 5.41) is 0. The first-order valence-corrected chi connectivity index (χ1v) is 4.65. The molecule has 0 fully saturated rings. The molecule has 70 valence electrons. The topological polar surface area (TPSA) is 30.0 Å². The predicted octanol–water partition coefficient (Wildman–Crippen LogP) is 2.48. The molecule has 0 unspecified atom stereocenters. The Morgan fingerprint density at radius 3 is 2.69 bits per heavy atom. The highest BCUT2D eigenvalue weighted by Crippen LogP contribution is 2.06. The molecular formula is C11H15NO. The van der Waals surface area contributed by atoms with E-state index in [2.05, 4.69) is 4.98 Å². The Morgan fingerprint density at radius 1 is 1.46 bits per heavy atom. The summed E-state index contributed by atoms with van der Waals surface area (Å²) in [5.74, 6) is 0.148. The van der Waals surface area contributed by atoms with Crippen molar-refractivity contribution in [3.05, 3.63) is 29.6 Å². The number of Topliss-reactive ketones (excluding diaryl/α,β-unsaturated/α-hetero) is 1. The van der Waals surface area contributed by atoms with Gasteiger partial charge in [0.1, 0.15) is 5.69 Å². The monoisotopic (exact) mass is 177 g/mol. The van der Waals surface area contributed by atoms with E-state index < -0.39 is 0 Å². The van der Waals surface area contributed by atoms with Gasteiger partial charge in [-0.25, -0.2) is 4.98 Å².